The van der Waals surface area contributed by atoms with Crippen LogP contribution in [0.3, 0.4) is 0 Å². The largest absolute Gasteiger partial charge is 0.497 e. The topological polar surface area (TPSA) is 73.6 Å². The molecule has 0 atom stereocenters. The molecule has 0 saturated heterocycles. The number of rotatable bonds is 7. The number of nitrogens with one attached hydrogen (secondary N) is 1. The van der Waals surface area contributed by atoms with Gasteiger partial charge in [-0.15, -0.1) is 12.4 Å². The third-order valence-corrected chi connectivity index (χ3v) is 3.66. The number of nitrogens with two attached hydrogens (primary N) is 1. The summed E-state index contributed by atoms with van der Waals surface area (Å²) in [6.45, 7) is 4.47. The van der Waals surface area contributed by atoms with Gasteiger partial charge in [-0.25, -0.2) is 0 Å². The second kappa shape index (κ2) is 8.74. The quantitative estimate of drug-likeness (QED) is 0.810. The molecular formula is C15H25ClN2O3. The Morgan fingerprint density at radius 3 is 2.33 bits per heavy atom. The predicted octanol–water partition coefficient (Wildman–Crippen LogP) is 2.37. The molecule has 0 bridgehead atoms. The molecular weight excluding hydrogens is 292 g/mol. The van der Waals surface area contributed by atoms with Crippen molar-refractivity contribution in [1.29, 1.82) is 0 Å². The molecule has 1 aromatic rings. The maximum Gasteiger partial charge on any atom is 0.255 e. The van der Waals surface area contributed by atoms with E-state index in [1.807, 2.05) is 13.8 Å². The third-order valence-electron chi connectivity index (χ3n) is 3.66. The van der Waals surface area contributed by atoms with Crippen molar-refractivity contribution in [2.75, 3.05) is 20.8 Å². The number of hydrogen-bond acceptors (Lipinski definition) is 4. The molecule has 21 heavy (non-hydrogen) atoms. The molecule has 6 heteroatoms. The Balaban J connectivity index is 0.00000400. The van der Waals surface area contributed by atoms with Gasteiger partial charge in [0.25, 0.3) is 5.91 Å². The average Bonchev–Trinajstić information content (AvgIpc) is 2.51. The van der Waals surface area contributed by atoms with Gasteiger partial charge in [0.1, 0.15) is 11.5 Å². The van der Waals surface area contributed by atoms with Gasteiger partial charge in [-0.05, 0) is 25.0 Å². The summed E-state index contributed by atoms with van der Waals surface area (Å²) in [7, 11) is 3.09. The summed E-state index contributed by atoms with van der Waals surface area (Å²) in [6, 6.07) is 5.10. The lowest BCUT2D eigenvalue weighted by molar-refractivity contribution is 0.0939. The number of carbonyl (C=O) groups excluding carboxylic acids is 1. The zero-order chi connectivity index (χ0) is 15.2. The molecule has 0 aliphatic rings. The van der Waals surface area contributed by atoms with Gasteiger partial charge in [0.2, 0.25) is 0 Å². The van der Waals surface area contributed by atoms with E-state index in [1.54, 1.807) is 25.3 Å². The van der Waals surface area contributed by atoms with Crippen LogP contribution in [0.2, 0.25) is 0 Å². The average molecular weight is 317 g/mol. The van der Waals surface area contributed by atoms with E-state index in [0.717, 1.165) is 12.8 Å². The van der Waals surface area contributed by atoms with E-state index in [2.05, 4.69) is 5.32 Å². The molecule has 0 spiro atoms. The summed E-state index contributed by atoms with van der Waals surface area (Å²) in [6.07, 6.45) is 1.62. The summed E-state index contributed by atoms with van der Waals surface area (Å²) in [4.78, 5) is 12.2. The van der Waals surface area contributed by atoms with Crippen LogP contribution in [0.25, 0.3) is 0 Å². The van der Waals surface area contributed by atoms with E-state index in [-0.39, 0.29) is 23.9 Å². The molecule has 0 aliphatic carbocycles. The Bertz CT molecular complexity index is 462. The summed E-state index contributed by atoms with van der Waals surface area (Å²) in [5, 5.41) is 2.87. The van der Waals surface area contributed by atoms with Gasteiger partial charge < -0.3 is 20.5 Å². The summed E-state index contributed by atoms with van der Waals surface area (Å²) in [5.41, 5.74) is 6.28. The SMILES string of the molecule is CCC(N)(CC)CNC(=O)c1ccc(OC)cc1OC.Cl. The van der Waals surface area contributed by atoms with Crippen molar-refractivity contribution in [3.63, 3.8) is 0 Å². The van der Waals surface area contributed by atoms with Crippen LogP contribution in [0.5, 0.6) is 11.5 Å². The van der Waals surface area contributed by atoms with Gasteiger partial charge in [0.15, 0.2) is 0 Å². The van der Waals surface area contributed by atoms with Gasteiger partial charge >= 0.3 is 0 Å². The fourth-order valence-corrected chi connectivity index (χ4v) is 1.84. The zero-order valence-electron chi connectivity index (χ0n) is 13.1. The Morgan fingerprint density at radius 1 is 1.24 bits per heavy atom. The minimum atomic E-state index is -0.366. The van der Waals surface area contributed by atoms with Crippen LogP contribution in [0, 0.1) is 0 Å². The number of carbonyl (C=O) groups is 1. The van der Waals surface area contributed by atoms with Crippen LogP contribution < -0.4 is 20.5 Å². The van der Waals surface area contributed by atoms with Crippen LogP contribution in [-0.2, 0) is 0 Å². The first-order chi connectivity index (χ1) is 9.49. The van der Waals surface area contributed by atoms with Gasteiger partial charge in [0.05, 0.1) is 19.8 Å². The standard InChI is InChI=1S/C15H24N2O3.ClH/c1-5-15(16,6-2)10-17-14(18)12-8-7-11(19-3)9-13(12)20-4;/h7-9H,5-6,10,16H2,1-4H3,(H,17,18);1H. The van der Waals surface area contributed by atoms with Crippen molar-refractivity contribution in [1.82, 2.24) is 5.32 Å². The number of amides is 1. The third kappa shape index (κ3) is 5.10. The van der Waals surface area contributed by atoms with Crippen molar-refractivity contribution in [2.24, 2.45) is 5.73 Å². The first-order valence-electron chi connectivity index (χ1n) is 6.78. The lowest BCUT2D eigenvalue weighted by Crippen LogP contribution is -2.49. The van der Waals surface area contributed by atoms with Crippen molar-refractivity contribution >= 4 is 18.3 Å². The molecule has 120 valence electrons. The van der Waals surface area contributed by atoms with Gasteiger partial charge in [-0.2, -0.15) is 0 Å². The molecule has 1 amide bonds. The van der Waals surface area contributed by atoms with Gasteiger partial charge in [-0.1, -0.05) is 13.8 Å². The summed E-state index contributed by atoms with van der Waals surface area (Å²) >= 11 is 0. The fourth-order valence-electron chi connectivity index (χ4n) is 1.84. The highest BCUT2D eigenvalue weighted by Crippen LogP contribution is 2.24. The number of benzene rings is 1. The molecule has 0 heterocycles. The van der Waals surface area contributed by atoms with Gasteiger partial charge in [0, 0.05) is 18.2 Å². The maximum absolute atomic E-state index is 12.2. The first kappa shape index (κ1) is 19.5. The number of methoxy groups -OCH3 is 2. The normalized spacial score (nSPS) is 10.5. The smallest absolute Gasteiger partial charge is 0.255 e. The Labute approximate surface area is 132 Å². The van der Waals surface area contributed by atoms with Crippen LogP contribution in [0.4, 0.5) is 0 Å². The fraction of sp³-hybridized carbons (Fsp3) is 0.533. The van der Waals surface area contributed by atoms with Crippen LogP contribution in [-0.4, -0.2) is 32.2 Å². The number of halogens is 1. The Hall–Kier alpha value is -1.46. The van der Waals surface area contributed by atoms with E-state index in [0.29, 0.717) is 23.6 Å². The van der Waals surface area contributed by atoms with Crippen molar-refractivity contribution in [3.8, 4) is 11.5 Å². The maximum atomic E-state index is 12.2. The molecule has 0 saturated carbocycles. The van der Waals surface area contributed by atoms with E-state index in [9.17, 15) is 4.79 Å². The highest BCUT2D eigenvalue weighted by atomic mass is 35.5. The summed E-state index contributed by atoms with van der Waals surface area (Å²) < 4.78 is 10.3. The van der Waals surface area contributed by atoms with E-state index >= 15 is 0 Å². The molecule has 0 aliphatic heterocycles. The van der Waals surface area contributed by atoms with E-state index < -0.39 is 0 Å². The molecule has 1 rings (SSSR count). The molecule has 1 aromatic carbocycles. The Morgan fingerprint density at radius 2 is 1.86 bits per heavy atom. The lowest BCUT2D eigenvalue weighted by atomic mass is 9.94. The molecule has 0 fully saturated rings. The molecule has 0 unspecified atom stereocenters. The van der Waals surface area contributed by atoms with Crippen molar-refractivity contribution in [3.05, 3.63) is 23.8 Å². The number of ether oxygens (including phenoxy) is 2. The van der Waals surface area contributed by atoms with Gasteiger partial charge in [-0.3, -0.25) is 4.79 Å². The Kier molecular flexibility index (Phi) is 8.14. The van der Waals surface area contributed by atoms with Crippen molar-refractivity contribution in [2.45, 2.75) is 32.2 Å². The van der Waals surface area contributed by atoms with Crippen LogP contribution in [0.15, 0.2) is 18.2 Å². The molecule has 0 aromatic heterocycles. The minimum Gasteiger partial charge on any atom is -0.497 e. The second-order valence-electron chi connectivity index (χ2n) is 4.82. The minimum absolute atomic E-state index is 0. The number of hydrogen-bond donors (Lipinski definition) is 2. The zero-order valence-corrected chi connectivity index (χ0v) is 13.9. The predicted molar refractivity (Wildman–Crippen MR) is 86.6 cm³/mol. The van der Waals surface area contributed by atoms with Crippen LogP contribution in [0.1, 0.15) is 37.0 Å². The molecule has 3 N–H and O–H groups in total. The highest BCUT2D eigenvalue weighted by Gasteiger charge is 2.22. The van der Waals surface area contributed by atoms with E-state index in [1.165, 1.54) is 7.11 Å². The van der Waals surface area contributed by atoms with Crippen molar-refractivity contribution < 1.29 is 14.3 Å². The summed E-state index contributed by atoms with van der Waals surface area (Å²) in [5.74, 6) is 0.937. The lowest BCUT2D eigenvalue weighted by Gasteiger charge is -2.27. The highest BCUT2D eigenvalue weighted by molar-refractivity contribution is 5.97. The second-order valence-corrected chi connectivity index (χ2v) is 4.82. The van der Waals surface area contributed by atoms with E-state index in [4.69, 9.17) is 15.2 Å². The molecule has 0 radical (unpaired) electrons. The first-order valence-corrected chi connectivity index (χ1v) is 6.78. The molecule has 5 nitrogen and oxygen atoms in total. The van der Waals surface area contributed by atoms with Crippen LogP contribution >= 0.6 is 12.4 Å². The monoisotopic (exact) mass is 316 g/mol.